The molecule has 26 heavy (non-hydrogen) atoms. The summed E-state index contributed by atoms with van der Waals surface area (Å²) in [6, 6.07) is 8.99. The highest BCUT2D eigenvalue weighted by atomic mass is 16.5. The van der Waals surface area contributed by atoms with Crippen LogP contribution in [0.15, 0.2) is 36.5 Å². The SMILES string of the molecule is COc1c(N)ccnc1-c1ccc(C(=O)NCCCC2CCOC2)cc1. The minimum Gasteiger partial charge on any atom is -0.492 e. The molecular weight excluding hydrogens is 330 g/mol. The molecule has 1 aromatic heterocycles. The number of aromatic nitrogens is 1. The lowest BCUT2D eigenvalue weighted by Gasteiger charge is -2.11. The smallest absolute Gasteiger partial charge is 0.251 e. The van der Waals surface area contributed by atoms with E-state index in [-0.39, 0.29) is 5.91 Å². The lowest BCUT2D eigenvalue weighted by molar-refractivity contribution is 0.0952. The third-order valence-electron chi connectivity index (χ3n) is 4.66. The van der Waals surface area contributed by atoms with Gasteiger partial charge in [0.05, 0.1) is 12.8 Å². The summed E-state index contributed by atoms with van der Waals surface area (Å²) in [6.45, 7) is 2.41. The van der Waals surface area contributed by atoms with Crippen molar-refractivity contribution in [3.63, 3.8) is 0 Å². The van der Waals surface area contributed by atoms with E-state index in [4.69, 9.17) is 15.2 Å². The summed E-state index contributed by atoms with van der Waals surface area (Å²) in [4.78, 5) is 16.6. The number of nitrogens with zero attached hydrogens (tertiary/aromatic N) is 1. The van der Waals surface area contributed by atoms with Crippen LogP contribution in [0.2, 0.25) is 0 Å². The summed E-state index contributed by atoms with van der Waals surface area (Å²) in [7, 11) is 1.57. The predicted molar refractivity (Wildman–Crippen MR) is 101 cm³/mol. The molecule has 1 aliphatic heterocycles. The summed E-state index contributed by atoms with van der Waals surface area (Å²) < 4.78 is 10.7. The summed E-state index contributed by atoms with van der Waals surface area (Å²) >= 11 is 0. The van der Waals surface area contributed by atoms with Crippen molar-refractivity contribution in [2.75, 3.05) is 32.6 Å². The Labute approximate surface area is 153 Å². The van der Waals surface area contributed by atoms with Gasteiger partial charge in [-0.3, -0.25) is 9.78 Å². The van der Waals surface area contributed by atoms with Gasteiger partial charge in [0.15, 0.2) is 5.75 Å². The van der Waals surface area contributed by atoms with Gasteiger partial charge in [0.1, 0.15) is 5.69 Å². The molecule has 3 rings (SSSR count). The highest BCUT2D eigenvalue weighted by Crippen LogP contribution is 2.32. The van der Waals surface area contributed by atoms with Crippen molar-refractivity contribution < 1.29 is 14.3 Å². The van der Waals surface area contributed by atoms with Gasteiger partial charge in [-0.25, -0.2) is 0 Å². The van der Waals surface area contributed by atoms with Crippen LogP contribution in [0.4, 0.5) is 5.69 Å². The van der Waals surface area contributed by atoms with E-state index in [0.717, 1.165) is 38.0 Å². The Hall–Kier alpha value is -2.60. The Morgan fingerprint density at radius 3 is 2.85 bits per heavy atom. The first-order chi connectivity index (χ1) is 12.7. The van der Waals surface area contributed by atoms with Crippen molar-refractivity contribution in [1.82, 2.24) is 10.3 Å². The maximum Gasteiger partial charge on any atom is 0.251 e. The number of hydrogen-bond acceptors (Lipinski definition) is 5. The quantitative estimate of drug-likeness (QED) is 0.746. The topological polar surface area (TPSA) is 86.5 Å². The molecule has 138 valence electrons. The average Bonchev–Trinajstić information content (AvgIpc) is 3.18. The van der Waals surface area contributed by atoms with Crippen LogP contribution in [0.25, 0.3) is 11.3 Å². The molecule has 0 radical (unpaired) electrons. The Morgan fingerprint density at radius 1 is 1.35 bits per heavy atom. The normalized spacial score (nSPS) is 16.4. The van der Waals surface area contributed by atoms with Crippen LogP contribution in [0, 0.1) is 5.92 Å². The van der Waals surface area contributed by atoms with Crippen LogP contribution in [-0.4, -0.2) is 37.8 Å². The van der Waals surface area contributed by atoms with Crippen LogP contribution in [0.3, 0.4) is 0 Å². The monoisotopic (exact) mass is 355 g/mol. The zero-order valence-electron chi connectivity index (χ0n) is 15.0. The average molecular weight is 355 g/mol. The van der Waals surface area contributed by atoms with Crippen molar-refractivity contribution in [2.24, 2.45) is 5.92 Å². The number of benzene rings is 1. The maximum absolute atomic E-state index is 12.3. The van der Waals surface area contributed by atoms with E-state index in [2.05, 4.69) is 10.3 Å². The Balaban J connectivity index is 1.57. The lowest BCUT2D eigenvalue weighted by atomic mass is 10.0. The summed E-state index contributed by atoms with van der Waals surface area (Å²) in [5, 5.41) is 2.97. The third-order valence-corrected chi connectivity index (χ3v) is 4.66. The van der Waals surface area contributed by atoms with Crippen molar-refractivity contribution >= 4 is 11.6 Å². The number of carbonyl (C=O) groups excluding carboxylic acids is 1. The molecule has 0 aliphatic carbocycles. The van der Waals surface area contributed by atoms with Crippen LogP contribution >= 0.6 is 0 Å². The minimum absolute atomic E-state index is 0.0632. The molecule has 1 aliphatic rings. The molecule has 1 fully saturated rings. The first kappa shape index (κ1) is 18.2. The van der Waals surface area contributed by atoms with E-state index in [1.807, 2.05) is 12.1 Å². The molecule has 1 amide bonds. The molecule has 1 saturated heterocycles. The second-order valence-electron chi connectivity index (χ2n) is 6.49. The van der Waals surface area contributed by atoms with Gasteiger partial charge in [-0.2, -0.15) is 0 Å². The van der Waals surface area contributed by atoms with E-state index < -0.39 is 0 Å². The summed E-state index contributed by atoms with van der Waals surface area (Å²) in [5.41, 5.74) is 8.60. The second kappa shape index (κ2) is 8.67. The number of hydrogen-bond donors (Lipinski definition) is 2. The number of ether oxygens (including phenoxy) is 2. The molecule has 3 N–H and O–H groups in total. The lowest BCUT2D eigenvalue weighted by Crippen LogP contribution is -2.24. The Morgan fingerprint density at radius 2 is 2.15 bits per heavy atom. The number of rotatable bonds is 7. The van der Waals surface area contributed by atoms with E-state index >= 15 is 0 Å². The number of nitrogen functional groups attached to an aromatic ring is 1. The van der Waals surface area contributed by atoms with Gasteiger partial charge >= 0.3 is 0 Å². The zero-order valence-corrected chi connectivity index (χ0v) is 15.0. The number of pyridine rings is 1. The van der Waals surface area contributed by atoms with Crippen molar-refractivity contribution in [3.05, 3.63) is 42.1 Å². The van der Waals surface area contributed by atoms with Gasteiger partial charge in [-0.15, -0.1) is 0 Å². The second-order valence-corrected chi connectivity index (χ2v) is 6.49. The third kappa shape index (κ3) is 4.32. The summed E-state index contributed by atoms with van der Waals surface area (Å²) in [5.74, 6) is 1.12. The van der Waals surface area contributed by atoms with Gasteiger partial charge in [0.2, 0.25) is 0 Å². The molecular formula is C20H25N3O3. The van der Waals surface area contributed by atoms with Crippen molar-refractivity contribution in [2.45, 2.75) is 19.3 Å². The van der Waals surface area contributed by atoms with Crippen LogP contribution in [0.1, 0.15) is 29.6 Å². The van der Waals surface area contributed by atoms with Gasteiger partial charge in [0.25, 0.3) is 5.91 Å². The van der Waals surface area contributed by atoms with Crippen molar-refractivity contribution in [1.29, 1.82) is 0 Å². The van der Waals surface area contributed by atoms with E-state index in [9.17, 15) is 4.79 Å². The fourth-order valence-corrected chi connectivity index (χ4v) is 3.17. The largest absolute Gasteiger partial charge is 0.492 e. The standard InChI is InChI=1S/C20H25N3O3/c1-25-19-17(21)8-11-22-18(19)15-4-6-16(7-5-15)20(24)23-10-2-3-14-9-12-26-13-14/h4-8,11,14H,2-3,9-10,12-13H2,1H3,(H2,21,22)(H,23,24). The van der Waals surface area contributed by atoms with E-state index in [0.29, 0.717) is 35.2 Å². The van der Waals surface area contributed by atoms with Crippen LogP contribution in [0.5, 0.6) is 5.75 Å². The fraction of sp³-hybridized carbons (Fsp3) is 0.400. The van der Waals surface area contributed by atoms with Gasteiger partial charge in [0, 0.05) is 37.1 Å². The molecule has 6 nitrogen and oxygen atoms in total. The fourth-order valence-electron chi connectivity index (χ4n) is 3.17. The van der Waals surface area contributed by atoms with E-state index in [1.54, 1.807) is 31.5 Å². The molecule has 6 heteroatoms. The Bertz CT molecular complexity index is 740. The van der Waals surface area contributed by atoms with Gasteiger partial charge < -0.3 is 20.5 Å². The number of nitrogens with one attached hydrogen (secondary N) is 1. The van der Waals surface area contributed by atoms with E-state index in [1.165, 1.54) is 0 Å². The Kier molecular flexibility index (Phi) is 6.07. The molecule has 2 heterocycles. The molecule has 0 spiro atoms. The molecule has 2 aromatic rings. The molecule has 0 bridgehead atoms. The van der Waals surface area contributed by atoms with Gasteiger partial charge in [-0.05, 0) is 43.4 Å². The first-order valence-corrected chi connectivity index (χ1v) is 8.94. The van der Waals surface area contributed by atoms with Crippen molar-refractivity contribution in [3.8, 4) is 17.0 Å². The number of carbonyl (C=O) groups is 1. The zero-order chi connectivity index (χ0) is 18.4. The number of amides is 1. The molecule has 1 aromatic carbocycles. The van der Waals surface area contributed by atoms with Crippen LogP contribution in [-0.2, 0) is 4.74 Å². The number of anilines is 1. The number of methoxy groups -OCH3 is 1. The molecule has 1 atom stereocenters. The maximum atomic E-state index is 12.3. The summed E-state index contributed by atoms with van der Waals surface area (Å²) in [6.07, 6.45) is 4.85. The first-order valence-electron chi connectivity index (χ1n) is 8.94. The van der Waals surface area contributed by atoms with Gasteiger partial charge in [-0.1, -0.05) is 12.1 Å². The van der Waals surface area contributed by atoms with Crippen LogP contribution < -0.4 is 15.8 Å². The minimum atomic E-state index is -0.0632. The predicted octanol–water partition coefficient (Wildman–Crippen LogP) is 2.89. The molecule has 0 saturated carbocycles. The highest BCUT2D eigenvalue weighted by molar-refractivity contribution is 5.94. The molecule has 1 unspecified atom stereocenters. The number of nitrogens with two attached hydrogens (primary N) is 1. The highest BCUT2D eigenvalue weighted by Gasteiger charge is 2.15.